The number of hydrogen-bond acceptors (Lipinski definition) is 1. The van der Waals surface area contributed by atoms with E-state index in [0.29, 0.717) is 12.0 Å². The van der Waals surface area contributed by atoms with Crippen molar-refractivity contribution in [3.63, 3.8) is 0 Å². The van der Waals surface area contributed by atoms with Gasteiger partial charge in [0.15, 0.2) is 5.96 Å². The summed E-state index contributed by atoms with van der Waals surface area (Å²) in [7, 11) is 1.83. The third-order valence-electron chi connectivity index (χ3n) is 3.47. The van der Waals surface area contributed by atoms with E-state index in [2.05, 4.69) is 53.7 Å². The molecule has 2 atom stereocenters. The van der Waals surface area contributed by atoms with Crippen LogP contribution in [0.1, 0.15) is 36.8 Å². The molecule has 1 aliphatic carbocycles. The second kappa shape index (κ2) is 5.89. The highest BCUT2D eigenvalue weighted by Crippen LogP contribution is 2.41. The molecule has 1 saturated carbocycles. The van der Waals surface area contributed by atoms with E-state index in [4.69, 9.17) is 0 Å². The molecule has 3 heteroatoms. The number of rotatable bonds is 4. The Morgan fingerprint density at radius 2 is 2.17 bits per heavy atom. The Balaban J connectivity index is 1.90. The van der Waals surface area contributed by atoms with E-state index < -0.39 is 0 Å². The van der Waals surface area contributed by atoms with E-state index in [0.717, 1.165) is 18.9 Å². The summed E-state index contributed by atoms with van der Waals surface area (Å²) >= 11 is 0. The van der Waals surface area contributed by atoms with E-state index in [9.17, 15) is 0 Å². The van der Waals surface area contributed by atoms with Crippen molar-refractivity contribution in [1.29, 1.82) is 0 Å². The maximum absolute atomic E-state index is 4.25. The van der Waals surface area contributed by atoms with Crippen molar-refractivity contribution in [2.45, 2.75) is 38.6 Å². The van der Waals surface area contributed by atoms with Crippen molar-refractivity contribution in [2.75, 3.05) is 13.6 Å². The Labute approximate surface area is 110 Å². The number of guanidine groups is 1. The van der Waals surface area contributed by atoms with Crippen LogP contribution in [-0.2, 0) is 0 Å². The molecule has 0 heterocycles. The summed E-state index contributed by atoms with van der Waals surface area (Å²) in [5.41, 5.74) is 2.87. The molecular weight excluding hydrogens is 222 g/mol. The largest absolute Gasteiger partial charge is 0.356 e. The number of nitrogens with one attached hydrogen (secondary N) is 2. The van der Waals surface area contributed by atoms with Gasteiger partial charge in [0.1, 0.15) is 0 Å². The molecule has 18 heavy (non-hydrogen) atoms. The van der Waals surface area contributed by atoms with E-state index in [1.165, 1.54) is 17.5 Å². The number of aryl methyl sites for hydroxylation is 1. The highest BCUT2D eigenvalue weighted by molar-refractivity contribution is 5.80. The molecular formula is C15H23N3. The molecule has 1 aromatic carbocycles. The van der Waals surface area contributed by atoms with Crippen LogP contribution in [0.25, 0.3) is 0 Å². The Morgan fingerprint density at radius 1 is 1.39 bits per heavy atom. The first-order valence-electron chi connectivity index (χ1n) is 6.79. The molecule has 0 aliphatic heterocycles. The van der Waals surface area contributed by atoms with Crippen LogP contribution in [0.2, 0.25) is 0 Å². The summed E-state index contributed by atoms with van der Waals surface area (Å²) in [5.74, 6) is 1.57. The second-order valence-electron chi connectivity index (χ2n) is 4.95. The van der Waals surface area contributed by atoms with Gasteiger partial charge in [-0.25, -0.2) is 0 Å². The van der Waals surface area contributed by atoms with Crippen LogP contribution in [0.15, 0.2) is 29.3 Å². The van der Waals surface area contributed by atoms with Crippen LogP contribution in [0, 0.1) is 6.92 Å². The monoisotopic (exact) mass is 245 g/mol. The van der Waals surface area contributed by atoms with Crippen LogP contribution >= 0.6 is 0 Å². The fourth-order valence-corrected chi connectivity index (χ4v) is 2.31. The molecule has 3 nitrogen and oxygen atoms in total. The van der Waals surface area contributed by atoms with Crippen LogP contribution in [-0.4, -0.2) is 25.6 Å². The molecule has 1 aliphatic rings. The average Bonchev–Trinajstić information content (AvgIpc) is 3.14. The minimum Gasteiger partial charge on any atom is -0.356 e. The zero-order valence-corrected chi connectivity index (χ0v) is 11.5. The quantitative estimate of drug-likeness (QED) is 0.631. The lowest BCUT2D eigenvalue weighted by Crippen LogP contribution is -2.39. The molecule has 0 saturated heterocycles. The normalized spacial score (nSPS) is 22.7. The smallest absolute Gasteiger partial charge is 0.191 e. The van der Waals surface area contributed by atoms with Crippen molar-refractivity contribution in [1.82, 2.24) is 10.6 Å². The van der Waals surface area contributed by atoms with Gasteiger partial charge in [0.2, 0.25) is 0 Å². The van der Waals surface area contributed by atoms with Crippen molar-refractivity contribution in [2.24, 2.45) is 4.99 Å². The molecule has 0 bridgehead atoms. The first-order valence-corrected chi connectivity index (χ1v) is 6.79. The molecule has 0 spiro atoms. The van der Waals surface area contributed by atoms with Gasteiger partial charge in [0.05, 0.1) is 0 Å². The summed E-state index contributed by atoms with van der Waals surface area (Å²) in [6, 6.07) is 9.20. The Hall–Kier alpha value is -1.51. The molecule has 0 radical (unpaired) electrons. The lowest BCUT2D eigenvalue weighted by molar-refractivity contribution is 0.768. The average molecular weight is 245 g/mol. The first-order chi connectivity index (χ1) is 8.76. The van der Waals surface area contributed by atoms with Gasteiger partial charge >= 0.3 is 0 Å². The van der Waals surface area contributed by atoms with E-state index >= 15 is 0 Å². The van der Waals surface area contributed by atoms with Gasteiger partial charge in [-0.2, -0.15) is 0 Å². The molecule has 2 rings (SSSR count). The number of aliphatic imine (C=N–C) groups is 1. The zero-order chi connectivity index (χ0) is 13.0. The van der Waals surface area contributed by atoms with Crippen molar-refractivity contribution in [3.05, 3.63) is 35.4 Å². The van der Waals surface area contributed by atoms with Gasteiger partial charge in [0, 0.05) is 25.6 Å². The third-order valence-corrected chi connectivity index (χ3v) is 3.47. The van der Waals surface area contributed by atoms with Crippen LogP contribution < -0.4 is 10.6 Å². The Bertz CT molecular complexity index is 426. The van der Waals surface area contributed by atoms with E-state index in [-0.39, 0.29) is 0 Å². The summed E-state index contributed by atoms with van der Waals surface area (Å²) in [6.07, 6.45) is 2.32. The standard InChI is InChI=1S/C15H23N3/c1-4-9-17-15(16-3)18-14-10-13(14)12-8-6-5-7-11(12)2/h5-8,13-14H,4,9-10H2,1-3H3,(H2,16,17,18). The fourth-order valence-electron chi connectivity index (χ4n) is 2.31. The van der Waals surface area contributed by atoms with Crippen molar-refractivity contribution >= 4 is 5.96 Å². The van der Waals surface area contributed by atoms with Gasteiger partial charge in [-0.1, -0.05) is 31.2 Å². The molecule has 2 N–H and O–H groups in total. The molecule has 1 fully saturated rings. The SMILES string of the molecule is CCCNC(=NC)NC1CC1c1ccccc1C. The lowest BCUT2D eigenvalue weighted by Gasteiger charge is -2.11. The highest BCUT2D eigenvalue weighted by atomic mass is 15.2. The zero-order valence-electron chi connectivity index (χ0n) is 11.5. The fraction of sp³-hybridized carbons (Fsp3) is 0.533. The summed E-state index contributed by atoms with van der Waals surface area (Å²) in [4.78, 5) is 4.25. The topological polar surface area (TPSA) is 36.4 Å². The first kappa shape index (κ1) is 12.9. The van der Waals surface area contributed by atoms with Crippen LogP contribution in [0.4, 0.5) is 0 Å². The number of benzene rings is 1. The van der Waals surface area contributed by atoms with Gasteiger partial charge in [-0.15, -0.1) is 0 Å². The van der Waals surface area contributed by atoms with Crippen LogP contribution in [0.3, 0.4) is 0 Å². The van der Waals surface area contributed by atoms with Gasteiger partial charge in [-0.3, -0.25) is 4.99 Å². The van der Waals surface area contributed by atoms with Gasteiger partial charge < -0.3 is 10.6 Å². The van der Waals surface area contributed by atoms with E-state index in [1.807, 2.05) is 7.05 Å². The number of hydrogen-bond donors (Lipinski definition) is 2. The predicted molar refractivity (Wildman–Crippen MR) is 77.1 cm³/mol. The summed E-state index contributed by atoms with van der Waals surface area (Å²) < 4.78 is 0. The molecule has 0 amide bonds. The second-order valence-corrected chi connectivity index (χ2v) is 4.95. The summed E-state index contributed by atoms with van der Waals surface area (Å²) in [6.45, 7) is 5.32. The Morgan fingerprint density at radius 3 is 2.83 bits per heavy atom. The third kappa shape index (κ3) is 3.03. The highest BCUT2D eigenvalue weighted by Gasteiger charge is 2.39. The molecule has 2 unspecified atom stereocenters. The molecule has 1 aromatic rings. The van der Waals surface area contributed by atoms with E-state index in [1.54, 1.807) is 0 Å². The Kier molecular flexibility index (Phi) is 4.24. The van der Waals surface area contributed by atoms with Crippen molar-refractivity contribution < 1.29 is 0 Å². The summed E-state index contributed by atoms with van der Waals surface area (Å²) in [5, 5.41) is 6.81. The molecule has 0 aromatic heterocycles. The minimum atomic E-state index is 0.536. The predicted octanol–water partition coefficient (Wildman–Crippen LogP) is 2.43. The maximum Gasteiger partial charge on any atom is 0.191 e. The molecule has 98 valence electrons. The van der Waals surface area contributed by atoms with Crippen LogP contribution in [0.5, 0.6) is 0 Å². The minimum absolute atomic E-state index is 0.536. The lowest BCUT2D eigenvalue weighted by atomic mass is 10.0. The maximum atomic E-state index is 4.25. The number of nitrogens with zero attached hydrogens (tertiary/aromatic N) is 1. The van der Waals surface area contributed by atoms with Gasteiger partial charge in [0.25, 0.3) is 0 Å². The van der Waals surface area contributed by atoms with Gasteiger partial charge in [-0.05, 0) is 30.9 Å². The van der Waals surface area contributed by atoms with Crippen molar-refractivity contribution in [3.8, 4) is 0 Å².